The lowest BCUT2D eigenvalue weighted by Gasteiger charge is -2.38. The van der Waals surface area contributed by atoms with Crippen molar-refractivity contribution < 1.29 is 46.9 Å². The highest BCUT2D eigenvalue weighted by molar-refractivity contribution is 6.31. The number of nitrogens with two attached hydrogens (primary N) is 1. The quantitative estimate of drug-likeness (QED) is 0.0522. The molecule has 2 atom stereocenters. The number of hydrogen-bond donors (Lipinski definition) is 3. The Kier molecular flexibility index (Phi) is 19.9. The first-order valence-corrected chi connectivity index (χ1v) is 23.0. The minimum atomic E-state index is -0.633. The van der Waals surface area contributed by atoms with Crippen LogP contribution in [0.2, 0.25) is 10.0 Å². The van der Waals surface area contributed by atoms with Crippen molar-refractivity contribution >= 4 is 65.1 Å². The number of benzene rings is 2. The summed E-state index contributed by atoms with van der Waals surface area (Å²) in [7, 11) is 0. The van der Waals surface area contributed by atoms with Crippen LogP contribution < -0.4 is 21.3 Å². The smallest absolute Gasteiger partial charge is 0.407 e. The standard InChI is InChI=1S/2C23H31ClFN5O4/c1-5-33-20(31)18-19(26)28-21(30(18)12-14-11-15(25)8-9-17(14)24)29-10-6-7-16(13-29)27-22(32)34-23(2,3)4;1-5-33-20(31)14-30(12-16-11-17(25)8-9-19(16)24)21(27-15-26)29-10-6-7-18(13-29)28-22(32)34-23(2,3)4/h8-9,11,16H,5-7,10,12-13,26H2,1-4H3,(H,27,32);8-9,11,18H,5-7,10,12-14H2,1-4H3,(H,28,32)/t16-;18-/m11/s1. The number of carbonyl (C=O) groups is 4. The largest absolute Gasteiger partial charge is 0.465 e. The van der Waals surface area contributed by atoms with Gasteiger partial charge in [0.25, 0.3) is 0 Å². The van der Waals surface area contributed by atoms with Crippen molar-refractivity contribution in [2.75, 3.05) is 56.6 Å². The Labute approximate surface area is 406 Å². The molecule has 4 N–H and O–H groups in total. The molecular formula is C46H62Cl2F2N10O8. The van der Waals surface area contributed by atoms with Gasteiger partial charge in [-0.1, -0.05) is 23.2 Å². The third-order valence-electron chi connectivity index (χ3n) is 10.1. The van der Waals surface area contributed by atoms with Crippen molar-refractivity contribution in [2.45, 2.75) is 117 Å². The fraction of sp³-hybridized carbons (Fsp3) is 0.543. The monoisotopic (exact) mass is 990 g/mol. The maximum atomic E-state index is 13.9. The second kappa shape index (κ2) is 24.8. The van der Waals surface area contributed by atoms with Crippen LogP contribution in [0.5, 0.6) is 0 Å². The molecular weight excluding hydrogens is 929 g/mol. The number of aromatic nitrogens is 2. The molecule has 2 amide bonds. The molecule has 372 valence electrons. The number of carbonyl (C=O) groups excluding carboxylic acids is 4. The number of aliphatic imine (C=N–C) groups is 1. The average molecular weight is 992 g/mol. The van der Waals surface area contributed by atoms with E-state index in [1.165, 1.54) is 41.3 Å². The van der Waals surface area contributed by atoms with E-state index in [1.54, 1.807) is 71.1 Å². The summed E-state index contributed by atoms with van der Waals surface area (Å²) in [6, 6.07) is 7.51. The predicted molar refractivity (Wildman–Crippen MR) is 253 cm³/mol. The number of nitrogens with zero attached hydrogens (tertiary/aromatic N) is 7. The van der Waals surface area contributed by atoms with Crippen LogP contribution in [0, 0.1) is 23.1 Å². The number of imidazole rings is 1. The molecule has 0 unspecified atom stereocenters. The number of likely N-dealkylation sites (tertiary alicyclic amines) is 1. The number of guanidine groups is 1. The van der Waals surface area contributed by atoms with E-state index in [4.69, 9.17) is 47.9 Å². The summed E-state index contributed by atoms with van der Waals surface area (Å²) in [4.78, 5) is 63.2. The Morgan fingerprint density at radius 3 is 1.97 bits per heavy atom. The highest BCUT2D eigenvalue weighted by Crippen LogP contribution is 2.29. The number of anilines is 2. The molecule has 0 bridgehead atoms. The molecule has 22 heteroatoms. The molecule has 0 saturated carbocycles. The van der Waals surface area contributed by atoms with E-state index in [0.29, 0.717) is 66.1 Å². The van der Waals surface area contributed by atoms with Crippen molar-refractivity contribution in [3.05, 3.63) is 74.9 Å². The number of nitrogen functional groups attached to an aromatic ring is 1. The van der Waals surface area contributed by atoms with Gasteiger partial charge in [0.15, 0.2) is 11.5 Å². The van der Waals surface area contributed by atoms with E-state index >= 15 is 0 Å². The maximum absolute atomic E-state index is 13.9. The number of ether oxygens (including phenoxy) is 4. The lowest BCUT2D eigenvalue weighted by atomic mass is 10.1. The Hall–Kier alpha value is -6.07. The van der Waals surface area contributed by atoms with Gasteiger partial charge < -0.3 is 50.0 Å². The van der Waals surface area contributed by atoms with Crippen LogP contribution in [0.25, 0.3) is 0 Å². The second-order valence-electron chi connectivity index (χ2n) is 18.0. The van der Waals surface area contributed by atoms with Crippen LogP contribution in [0.4, 0.5) is 30.1 Å². The first kappa shape index (κ1) is 54.5. The molecule has 2 aliphatic heterocycles. The van der Waals surface area contributed by atoms with Gasteiger partial charge in [0, 0.05) is 54.9 Å². The van der Waals surface area contributed by atoms with Crippen LogP contribution in [0.1, 0.15) is 103 Å². The molecule has 2 aromatic carbocycles. The number of alkyl carbamates (subject to hydrolysis) is 2. The molecule has 1 aromatic heterocycles. The molecule has 0 aliphatic carbocycles. The van der Waals surface area contributed by atoms with Crippen LogP contribution in [0.3, 0.4) is 0 Å². The van der Waals surface area contributed by atoms with Gasteiger partial charge >= 0.3 is 24.1 Å². The van der Waals surface area contributed by atoms with Gasteiger partial charge in [-0.2, -0.15) is 10.2 Å². The lowest BCUT2D eigenvalue weighted by molar-refractivity contribution is -0.143. The summed E-state index contributed by atoms with van der Waals surface area (Å²) in [5, 5.41) is 15.8. The zero-order chi connectivity index (χ0) is 50.3. The minimum absolute atomic E-state index is 0.00296. The number of amides is 2. The Bertz CT molecular complexity index is 2310. The zero-order valence-electron chi connectivity index (χ0n) is 39.8. The number of nitriles is 1. The van der Waals surface area contributed by atoms with E-state index in [1.807, 2.05) is 4.90 Å². The maximum Gasteiger partial charge on any atom is 0.407 e. The number of hydrogen-bond acceptors (Lipinski definition) is 13. The van der Waals surface area contributed by atoms with E-state index in [2.05, 4.69) is 20.6 Å². The van der Waals surface area contributed by atoms with Gasteiger partial charge in [-0.3, -0.25) is 9.36 Å². The predicted octanol–water partition coefficient (Wildman–Crippen LogP) is 7.65. The SMILES string of the molecule is CCOC(=O)CN(Cc1cc(F)ccc1Cl)C(=NC#N)N1CCC[C@@H](NC(=O)OC(C)(C)C)C1.CCOC(=O)c1c(N)nc(N2CCC[C@@H](NC(=O)OC(C)(C)C)C2)n1Cc1cc(F)ccc1Cl. The average Bonchev–Trinajstić information content (AvgIpc) is 3.56. The molecule has 3 aromatic rings. The van der Waals surface area contributed by atoms with Crippen molar-refractivity contribution in [3.8, 4) is 6.19 Å². The van der Waals surface area contributed by atoms with E-state index < -0.39 is 47.0 Å². The normalized spacial score (nSPS) is 16.4. The topological polar surface area (TPSA) is 219 Å². The lowest BCUT2D eigenvalue weighted by Crippen LogP contribution is -2.54. The van der Waals surface area contributed by atoms with Gasteiger partial charge in [-0.25, -0.2) is 23.2 Å². The number of nitrogens with one attached hydrogen (secondary N) is 2. The molecule has 0 spiro atoms. The Morgan fingerprint density at radius 1 is 0.868 bits per heavy atom. The molecule has 3 heterocycles. The molecule has 68 heavy (non-hydrogen) atoms. The van der Waals surface area contributed by atoms with Crippen molar-refractivity contribution in [1.29, 1.82) is 5.26 Å². The van der Waals surface area contributed by atoms with Gasteiger partial charge in [0.05, 0.1) is 19.8 Å². The van der Waals surface area contributed by atoms with E-state index in [9.17, 15) is 33.2 Å². The van der Waals surface area contributed by atoms with Crippen LogP contribution in [-0.4, -0.2) is 119 Å². The third kappa shape index (κ3) is 16.9. The molecule has 5 rings (SSSR count). The van der Waals surface area contributed by atoms with Crippen molar-refractivity contribution in [1.82, 2.24) is 30.0 Å². The van der Waals surface area contributed by atoms with Gasteiger partial charge in [0.2, 0.25) is 18.1 Å². The van der Waals surface area contributed by atoms with Gasteiger partial charge in [-0.05, 0) is 129 Å². The summed E-state index contributed by atoms with van der Waals surface area (Å²) >= 11 is 12.5. The first-order valence-electron chi connectivity index (χ1n) is 22.3. The van der Waals surface area contributed by atoms with Crippen LogP contribution in [0.15, 0.2) is 41.4 Å². The van der Waals surface area contributed by atoms with Crippen molar-refractivity contribution in [3.63, 3.8) is 0 Å². The number of piperidine rings is 2. The molecule has 2 saturated heterocycles. The number of halogens is 4. The van der Waals surface area contributed by atoms with Crippen molar-refractivity contribution in [2.24, 2.45) is 4.99 Å². The van der Waals surface area contributed by atoms with Gasteiger partial charge in [0.1, 0.15) is 29.4 Å². The van der Waals surface area contributed by atoms with Crippen LogP contribution in [-0.2, 0) is 36.8 Å². The summed E-state index contributed by atoms with van der Waals surface area (Å²) in [6.45, 7) is 16.3. The van der Waals surface area contributed by atoms with E-state index in [-0.39, 0.29) is 62.4 Å². The molecule has 18 nitrogen and oxygen atoms in total. The summed E-state index contributed by atoms with van der Waals surface area (Å²) in [5.74, 6) is -1.46. The number of rotatable bonds is 12. The fourth-order valence-electron chi connectivity index (χ4n) is 7.42. The second-order valence-corrected chi connectivity index (χ2v) is 18.8. The highest BCUT2D eigenvalue weighted by atomic mass is 35.5. The van der Waals surface area contributed by atoms with E-state index in [0.717, 1.165) is 12.8 Å². The molecule has 2 fully saturated rings. The summed E-state index contributed by atoms with van der Waals surface area (Å²) in [6.07, 6.45) is 3.69. The third-order valence-corrected chi connectivity index (χ3v) is 10.8. The summed E-state index contributed by atoms with van der Waals surface area (Å²) < 4.78 is 50.3. The molecule has 2 aliphatic rings. The Morgan fingerprint density at radius 2 is 1.41 bits per heavy atom. The van der Waals surface area contributed by atoms with Gasteiger partial charge in [-0.15, -0.1) is 4.99 Å². The fourth-order valence-corrected chi connectivity index (χ4v) is 7.77. The zero-order valence-corrected chi connectivity index (χ0v) is 41.3. The number of esters is 2. The van der Waals surface area contributed by atoms with Crippen LogP contribution >= 0.6 is 23.2 Å². The minimum Gasteiger partial charge on any atom is -0.465 e. The highest BCUT2D eigenvalue weighted by Gasteiger charge is 2.32. The first-order chi connectivity index (χ1) is 32.0. The Balaban J connectivity index is 0.000000297. The summed E-state index contributed by atoms with van der Waals surface area (Å²) in [5.41, 5.74) is 5.85. The molecule has 0 radical (unpaired) electrons.